The number of benzene rings is 2. The maximum absolute atomic E-state index is 12.5. The van der Waals surface area contributed by atoms with Gasteiger partial charge < -0.3 is 20.1 Å². The van der Waals surface area contributed by atoms with Crippen LogP contribution in [-0.4, -0.2) is 17.7 Å². The number of para-hydroxylation sites is 1. The van der Waals surface area contributed by atoms with Crippen LogP contribution in [0.3, 0.4) is 0 Å². The predicted molar refractivity (Wildman–Crippen MR) is 99.2 cm³/mol. The average Bonchev–Trinajstić information content (AvgIpc) is 3.16. The van der Waals surface area contributed by atoms with Gasteiger partial charge in [0.2, 0.25) is 6.79 Å². The van der Waals surface area contributed by atoms with Crippen LogP contribution in [0.25, 0.3) is 0 Å². The molecule has 0 spiro atoms. The maximum Gasteiger partial charge on any atom is 0.274 e. The summed E-state index contributed by atoms with van der Waals surface area (Å²) in [5, 5.41) is 15.1. The smallest absolute Gasteiger partial charge is 0.274 e. The largest absolute Gasteiger partial charge is 0.454 e. The molecule has 0 unspecified atom stereocenters. The summed E-state index contributed by atoms with van der Waals surface area (Å²) in [6.45, 7) is 0.211. The molecule has 7 heteroatoms. The van der Waals surface area contributed by atoms with Crippen LogP contribution in [0, 0.1) is 11.3 Å². The molecule has 2 N–H and O–H groups in total. The number of carbonyl (C=O) groups excluding carboxylic acids is 1. The van der Waals surface area contributed by atoms with Crippen LogP contribution in [0.1, 0.15) is 16.1 Å². The fraction of sp³-hybridized carbons (Fsp3) is 0.0500. The minimum Gasteiger partial charge on any atom is -0.454 e. The highest BCUT2D eigenvalue weighted by Crippen LogP contribution is 2.35. The molecule has 1 aliphatic heterocycles. The first kappa shape index (κ1) is 16.4. The Morgan fingerprint density at radius 2 is 1.85 bits per heavy atom. The molecule has 1 aliphatic rings. The summed E-state index contributed by atoms with van der Waals surface area (Å²) in [5.41, 5.74) is 2.56. The SMILES string of the molecule is N#Cc1ccccc1NC(=O)c1cc(Nc2ccc3c(c2)OCO3)ccn1. The molecule has 0 bridgehead atoms. The second kappa shape index (κ2) is 7.06. The van der Waals surface area contributed by atoms with Crippen molar-refractivity contribution in [3.8, 4) is 17.6 Å². The van der Waals surface area contributed by atoms with Gasteiger partial charge in [0, 0.05) is 23.6 Å². The molecule has 0 atom stereocenters. The van der Waals surface area contributed by atoms with E-state index < -0.39 is 5.91 Å². The molecule has 7 nitrogen and oxygen atoms in total. The number of nitrogens with zero attached hydrogens (tertiary/aromatic N) is 2. The molecule has 0 aliphatic carbocycles. The lowest BCUT2D eigenvalue weighted by Gasteiger charge is -2.10. The van der Waals surface area contributed by atoms with E-state index in [1.807, 2.05) is 24.3 Å². The van der Waals surface area contributed by atoms with Crippen molar-refractivity contribution in [2.75, 3.05) is 17.4 Å². The molecule has 1 amide bonds. The predicted octanol–water partition coefficient (Wildman–Crippen LogP) is 3.68. The molecular formula is C20H14N4O3. The Morgan fingerprint density at radius 1 is 1.04 bits per heavy atom. The summed E-state index contributed by atoms with van der Waals surface area (Å²) >= 11 is 0. The Morgan fingerprint density at radius 3 is 2.74 bits per heavy atom. The van der Waals surface area contributed by atoms with Crippen molar-refractivity contribution in [3.63, 3.8) is 0 Å². The van der Waals surface area contributed by atoms with Crippen LogP contribution >= 0.6 is 0 Å². The summed E-state index contributed by atoms with van der Waals surface area (Å²) in [6, 6.07) is 17.7. The van der Waals surface area contributed by atoms with Crippen molar-refractivity contribution in [2.24, 2.45) is 0 Å². The molecule has 1 aromatic heterocycles. The van der Waals surface area contributed by atoms with Crippen molar-refractivity contribution >= 4 is 23.0 Å². The fourth-order valence-electron chi connectivity index (χ4n) is 2.65. The lowest BCUT2D eigenvalue weighted by Crippen LogP contribution is -2.14. The van der Waals surface area contributed by atoms with Crippen molar-refractivity contribution in [1.82, 2.24) is 4.98 Å². The zero-order valence-electron chi connectivity index (χ0n) is 14.1. The Bertz CT molecular complexity index is 1060. The second-order valence-corrected chi connectivity index (χ2v) is 5.73. The van der Waals surface area contributed by atoms with Crippen molar-refractivity contribution in [1.29, 1.82) is 5.26 Å². The van der Waals surface area contributed by atoms with E-state index in [0.717, 1.165) is 5.69 Å². The van der Waals surface area contributed by atoms with Gasteiger partial charge in [-0.1, -0.05) is 12.1 Å². The number of nitriles is 1. The van der Waals surface area contributed by atoms with E-state index in [1.54, 1.807) is 42.6 Å². The Hall–Kier alpha value is -4.05. The van der Waals surface area contributed by atoms with Gasteiger partial charge in [0.25, 0.3) is 5.91 Å². The highest BCUT2D eigenvalue weighted by Gasteiger charge is 2.14. The number of carbonyl (C=O) groups is 1. The molecule has 2 aromatic carbocycles. The summed E-state index contributed by atoms with van der Waals surface area (Å²) in [6.07, 6.45) is 1.54. The van der Waals surface area contributed by atoms with E-state index in [9.17, 15) is 4.79 Å². The minimum absolute atomic E-state index is 0.211. The topological polar surface area (TPSA) is 96.3 Å². The summed E-state index contributed by atoms with van der Waals surface area (Å²) in [7, 11) is 0. The standard InChI is InChI=1S/C20H14N4O3/c21-11-13-3-1-2-4-16(13)24-20(25)17-9-15(7-8-22-17)23-14-5-6-18-19(10-14)27-12-26-18/h1-10H,12H2,(H,22,23)(H,24,25). The van der Waals surface area contributed by atoms with Crippen LogP contribution < -0.4 is 20.1 Å². The summed E-state index contributed by atoms with van der Waals surface area (Å²) in [4.78, 5) is 16.6. The molecule has 0 saturated heterocycles. The van der Waals surface area contributed by atoms with E-state index in [1.165, 1.54) is 0 Å². The first-order chi connectivity index (χ1) is 13.2. The highest BCUT2D eigenvalue weighted by atomic mass is 16.7. The normalized spacial score (nSPS) is 11.5. The van der Waals surface area contributed by atoms with Crippen LogP contribution in [-0.2, 0) is 0 Å². The van der Waals surface area contributed by atoms with Crippen molar-refractivity contribution in [2.45, 2.75) is 0 Å². The van der Waals surface area contributed by atoms with Gasteiger partial charge in [0.05, 0.1) is 11.3 Å². The molecule has 132 valence electrons. The average molecular weight is 358 g/mol. The highest BCUT2D eigenvalue weighted by molar-refractivity contribution is 6.04. The maximum atomic E-state index is 12.5. The van der Waals surface area contributed by atoms with Crippen LogP contribution in [0.2, 0.25) is 0 Å². The third-order valence-electron chi connectivity index (χ3n) is 3.95. The molecular weight excluding hydrogens is 344 g/mol. The number of amides is 1. The molecule has 0 saturated carbocycles. The van der Waals surface area contributed by atoms with Gasteiger partial charge in [-0.25, -0.2) is 0 Å². The Labute approximate surface area is 155 Å². The van der Waals surface area contributed by atoms with Gasteiger partial charge in [0.1, 0.15) is 11.8 Å². The lowest BCUT2D eigenvalue weighted by molar-refractivity contribution is 0.102. The molecule has 4 rings (SSSR count). The molecule has 0 fully saturated rings. The number of aromatic nitrogens is 1. The van der Waals surface area contributed by atoms with Gasteiger partial charge in [-0.3, -0.25) is 9.78 Å². The van der Waals surface area contributed by atoms with Gasteiger partial charge >= 0.3 is 0 Å². The van der Waals surface area contributed by atoms with E-state index >= 15 is 0 Å². The second-order valence-electron chi connectivity index (χ2n) is 5.73. The number of anilines is 3. The van der Waals surface area contributed by atoms with E-state index in [-0.39, 0.29) is 12.5 Å². The van der Waals surface area contributed by atoms with Crippen molar-refractivity contribution in [3.05, 3.63) is 72.1 Å². The van der Waals surface area contributed by atoms with E-state index in [0.29, 0.717) is 28.4 Å². The number of hydrogen-bond acceptors (Lipinski definition) is 6. The monoisotopic (exact) mass is 358 g/mol. The Balaban J connectivity index is 1.52. The van der Waals surface area contributed by atoms with Gasteiger partial charge in [0.15, 0.2) is 11.5 Å². The van der Waals surface area contributed by atoms with Crippen LogP contribution in [0.5, 0.6) is 11.5 Å². The van der Waals surface area contributed by atoms with Gasteiger partial charge in [-0.05, 0) is 36.4 Å². The zero-order chi connectivity index (χ0) is 18.6. The van der Waals surface area contributed by atoms with Crippen molar-refractivity contribution < 1.29 is 14.3 Å². The number of nitrogens with one attached hydrogen (secondary N) is 2. The number of fused-ring (bicyclic) bond motifs is 1. The molecule has 27 heavy (non-hydrogen) atoms. The number of hydrogen-bond donors (Lipinski definition) is 2. The van der Waals surface area contributed by atoms with Gasteiger partial charge in [-0.2, -0.15) is 5.26 Å². The number of pyridine rings is 1. The molecule has 2 heterocycles. The first-order valence-electron chi connectivity index (χ1n) is 8.16. The van der Waals surface area contributed by atoms with E-state index in [2.05, 4.69) is 15.6 Å². The van der Waals surface area contributed by atoms with Gasteiger partial charge in [-0.15, -0.1) is 0 Å². The lowest BCUT2D eigenvalue weighted by atomic mass is 10.2. The summed E-state index contributed by atoms with van der Waals surface area (Å²) < 4.78 is 10.7. The minimum atomic E-state index is -0.396. The third kappa shape index (κ3) is 3.50. The Kier molecular flexibility index (Phi) is 4.29. The quantitative estimate of drug-likeness (QED) is 0.738. The molecule has 0 radical (unpaired) electrons. The van der Waals surface area contributed by atoms with Crippen LogP contribution in [0.4, 0.5) is 17.1 Å². The number of ether oxygens (including phenoxy) is 2. The zero-order valence-corrected chi connectivity index (χ0v) is 14.1. The fourth-order valence-corrected chi connectivity index (χ4v) is 2.65. The molecule has 3 aromatic rings. The number of rotatable bonds is 4. The van der Waals surface area contributed by atoms with Crippen LogP contribution in [0.15, 0.2) is 60.8 Å². The third-order valence-corrected chi connectivity index (χ3v) is 3.95. The summed E-state index contributed by atoms with van der Waals surface area (Å²) in [5.74, 6) is 0.971. The first-order valence-corrected chi connectivity index (χ1v) is 8.16. The van der Waals surface area contributed by atoms with E-state index in [4.69, 9.17) is 14.7 Å².